The van der Waals surface area contributed by atoms with E-state index in [1.807, 2.05) is 0 Å². The van der Waals surface area contributed by atoms with Crippen LogP contribution < -0.4 is 16.4 Å². The van der Waals surface area contributed by atoms with Crippen molar-refractivity contribution in [2.45, 2.75) is 82.3 Å². The second-order valence-corrected chi connectivity index (χ2v) is 12.1. The van der Waals surface area contributed by atoms with Gasteiger partial charge < -0.3 is 21.3 Å². The van der Waals surface area contributed by atoms with Crippen LogP contribution in [0.25, 0.3) is 0 Å². The number of piperazine rings is 1. The number of hydrogen-bond acceptors (Lipinski definition) is 6. The van der Waals surface area contributed by atoms with Gasteiger partial charge in [0.05, 0.1) is 0 Å². The molecule has 40 heavy (non-hydrogen) atoms. The summed E-state index contributed by atoms with van der Waals surface area (Å²) in [5.41, 5.74) is 8.26. The highest BCUT2D eigenvalue weighted by Crippen LogP contribution is 2.38. The zero-order valence-electron chi connectivity index (χ0n) is 24.5. The first-order chi connectivity index (χ1) is 19.4. The lowest BCUT2D eigenvalue weighted by Gasteiger charge is -2.38. The third-order valence-electron chi connectivity index (χ3n) is 8.92. The monoisotopic (exact) mass is 558 g/mol. The largest absolute Gasteiger partial charge is 0.330 e. The number of hydrogen-bond donors (Lipinski definition) is 3. The van der Waals surface area contributed by atoms with Gasteiger partial charge in [-0.2, -0.15) is 0 Å². The maximum atomic E-state index is 13.8. The molecule has 1 aromatic rings. The summed E-state index contributed by atoms with van der Waals surface area (Å²) in [6.07, 6.45) is 9.90. The van der Waals surface area contributed by atoms with Crippen molar-refractivity contribution >= 4 is 5.71 Å². The standard InChI is InChI=1S/C32H52F2N6/c1-26(27-12-15-32(33,34)16-13-27)38-31(28-9-3-2-4-10-28)14-21-39-22-19-37-30(24-39)25-40(20-8-6-17-35)23-29-11-5-7-18-36-29/h2-5,9-11,26-27,30-31,37-38H,6-8,12-25,35H2,1H3/t26?,30-,31?/m1/s1. The second kappa shape index (κ2) is 16.1. The van der Waals surface area contributed by atoms with Gasteiger partial charge in [0.1, 0.15) is 0 Å². The highest BCUT2D eigenvalue weighted by Gasteiger charge is 2.37. The van der Waals surface area contributed by atoms with Crippen LogP contribution in [0.4, 0.5) is 8.78 Å². The SMILES string of the molecule is CC(NC(CCN1CCN[C@@H](CN(CCCCN)CC2=NCCC=C2)C1)c1ccccc1)C1CCC(F)(F)CC1. The van der Waals surface area contributed by atoms with Crippen molar-refractivity contribution in [3.05, 3.63) is 48.0 Å². The first-order valence-corrected chi connectivity index (χ1v) is 15.7. The van der Waals surface area contributed by atoms with E-state index in [-0.39, 0.29) is 24.9 Å². The molecule has 1 aliphatic carbocycles. The smallest absolute Gasteiger partial charge is 0.248 e. The molecule has 0 aromatic heterocycles. The molecule has 1 saturated heterocycles. The molecule has 0 radical (unpaired) electrons. The predicted octanol–water partition coefficient (Wildman–Crippen LogP) is 4.64. The zero-order chi connectivity index (χ0) is 28.2. The molecule has 0 amide bonds. The average Bonchev–Trinajstić information content (AvgIpc) is 2.96. The van der Waals surface area contributed by atoms with Gasteiger partial charge in [-0.3, -0.25) is 9.89 Å². The maximum absolute atomic E-state index is 13.8. The Balaban J connectivity index is 1.31. The fraction of sp³-hybridized carbons (Fsp3) is 0.719. The van der Waals surface area contributed by atoms with E-state index in [0.29, 0.717) is 24.8 Å². The van der Waals surface area contributed by atoms with E-state index in [4.69, 9.17) is 10.7 Å². The number of nitrogens with one attached hydrogen (secondary N) is 2. The van der Waals surface area contributed by atoms with Crippen molar-refractivity contribution in [3.63, 3.8) is 0 Å². The average molecular weight is 559 g/mol. The van der Waals surface area contributed by atoms with Gasteiger partial charge in [0.25, 0.3) is 0 Å². The first-order valence-electron chi connectivity index (χ1n) is 15.7. The molecule has 3 atom stereocenters. The van der Waals surface area contributed by atoms with Crippen molar-refractivity contribution in [3.8, 4) is 0 Å². The van der Waals surface area contributed by atoms with Gasteiger partial charge in [-0.15, -0.1) is 0 Å². The molecular weight excluding hydrogens is 506 g/mol. The number of nitrogens with two attached hydrogens (primary N) is 1. The fourth-order valence-electron chi connectivity index (χ4n) is 6.49. The van der Waals surface area contributed by atoms with Gasteiger partial charge in [-0.05, 0) is 76.1 Å². The molecule has 224 valence electrons. The summed E-state index contributed by atoms with van der Waals surface area (Å²) in [5, 5.41) is 7.63. The molecule has 0 spiro atoms. The minimum atomic E-state index is -2.48. The number of benzene rings is 1. The van der Waals surface area contributed by atoms with Crippen molar-refractivity contribution in [2.24, 2.45) is 16.6 Å². The van der Waals surface area contributed by atoms with Crippen LogP contribution >= 0.6 is 0 Å². The maximum Gasteiger partial charge on any atom is 0.248 e. The van der Waals surface area contributed by atoms with Gasteiger partial charge in [0, 0.05) is 82.5 Å². The molecule has 6 nitrogen and oxygen atoms in total. The second-order valence-electron chi connectivity index (χ2n) is 12.1. The number of unbranched alkanes of at least 4 members (excludes halogenated alkanes) is 1. The third-order valence-corrected chi connectivity index (χ3v) is 8.92. The number of rotatable bonds is 15. The molecule has 2 unspecified atom stereocenters. The first kappa shape index (κ1) is 31.2. The Hall–Kier alpha value is -1.71. The molecule has 2 heterocycles. The minimum Gasteiger partial charge on any atom is -0.330 e. The van der Waals surface area contributed by atoms with E-state index in [9.17, 15) is 8.78 Å². The highest BCUT2D eigenvalue weighted by molar-refractivity contribution is 5.97. The van der Waals surface area contributed by atoms with E-state index >= 15 is 0 Å². The Labute approximate surface area is 240 Å². The summed E-state index contributed by atoms with van der Waals surface area (Å²) < 4.78 is 27.5. The van der Waals surface area contributed by atoms with Crippen LogP contribution in [-0.4, -0.2) is 92.4 Å². The molecule has 3 aliphatic rings. The molecule has 2 aliphatic heterocycles. The number of nitrogens with zero attached hydrogens (tertiary/aromatic N) is 3. The van der Waals surface area contributed by atoms with Crippen LogP contribution in [-0.2, 0) is 0 Å². The van der Waals surface area contributed by atoms with E-state index in [2.05, 4.69) is 69.8 Å². The highest BCUT2D eigenvalue weighted by atomic mass is 19.3. The lowest BCUT2D eigenvalue weighted by atomic mass is 9.82. The zero-order valence-corrected chi connectivity index (χ0v) is 24.5. The lowest BCUT2D eigenvalue weighted by molar-refractivity contribution is -0.0493. The van der Waals surface area contributed by atoms with Crippen LogP contribution in [0.2, 0.25) is 0 Å². The van der Waals surface area contributed by atoms with Gasteiger partial charge in [0.2, 0.25) is 5.92 Å². The van der Waals surface area contributed by atoms with Crippen LogP contribution in [0.3, 0.4) is 0 Å². The van der Waals surface area contributed by atoms with Gasteiger partial charge in [0.15, 0.2) is 0 Å². The Morgan fingerprint density at radius 3 is 2.73 bits per heavy atom. The molecule has 1 aromatic carbocycles. The summed E-state index contributed by atoms with van der Waals surface area (Å²) in [4.78, 5) is 9.88. The topological polar surface area (TPSA) is 68.9 Å². The molecule has 8 heteroatoms. The number of halogens is 2. The van der Waals surface area contributed by atoms with Crippen molar-refractivity contribution in [1.82, 2.24) is 20.4 Å². The molecule has 1 saturated carbocycles. The van der Waals surface area contributed by atoms with E-state index in [0.717, 1.165) is 84.6 Å². The number of aliphatic imine (C=N–C) groups is 1. The summed E-state index contributed by atoms with van der Waals surface area (Å²) in [6, 6.07) is 11.5. The summed E-state index contributed by atoms with van der Waals surface area (Å²) in [6.45, 7) is 10.9. The lowest BCUT2D eigenvalue weighted by Crippen LogP contribution is -2.55. The minimum absolute atomic E-state index is 0.0226. The van der Waals surface area contributed by atoms with Crippen molar-refractivity contribution in [1.29, 1.82) is 0 Å². The summed E-state index contributed by atoms with van der Waals surface area (Å²) in [7, 11) is 0. The summed E-state index contributed by atoms with van der Waals surface area (Å²) >= 11 is 0. The molecule has 4 rings (SSSR count). The van der Waals surface area contributed by atoms with Crippen molar-refractivity contribution < 1.29 is 8.78 Å². The van der Waals surface area contributed by atoms with Crippen molar-refractivity contribution in [2.75, 3.05) is 58.9 Å². The molecule has 0 bridgehead atoms. The Morgan fingerprint density at radius 2 is 2.00 bits per heavy atom. The molecular formula is C32H52F2N6. The molecule has 2 fully saturated rings. The Morgan fingerprint density at radius 1 is 1.20 bits per heavy atom. The van der Waals surface area contributed by atoms with Crippen LogP contribution in [0, 0.1) is 5.92 Å². The van der Waals surface area contributed by atoms with Crippen LogP contribution in [0.15, 0.2) is 47.5 Å². The number of alkyl halides is 2. The quantitative estimate of drug-likeness (QED) is 0.274. The predicted molar refractivity (Wildman–Crippen MR) is 162 cm³/mol. The van der Waals surface area contributed by atoms with Crippen LogP contribution in [0.5, 0.6) is 0 Å². The number of dihydropyridines is 1. The van der Waals surface area contributed by atoms with Gasteiger partial charge in [-0.1, -0.05) is 36.4 Å². The molecule has 4 N–H and O–H groups in total. The Bertz CT molecular complexity index is 913. The normalized spacial score (nSPS) is 23.7. The van der Waals surface area contributed by atoms with E-state index < -0.39 is 5.92 Å². The van der Waals surface area contributed by atoms with Gasteiger partial charge >= 0.3 is 0 Å². The third kappa shape index (κ3) is 10.3. The van der Waals surface area contributed by atoms with Gasteiger partial charge in [-0.25, -0.2) is 8.78 Å². The fourth-order valence-corrected chi connectivity index (χ4v) is 6.49. The van der Waals surface area contributed by atoms with E-state index in [1.165, 1.54) is 11.3 Å². The van der Waals surface area contributed by atoms with Crippen LogP contribution in [0.1, 0.15) is 69.9 Å². The Kier molecular flexibility index (Phi) is 12.5. The van der Waals surface area contributed by atoms with E-state index in [1.54, 1.807) is 0 Å². The summed E-state index contributed by atoms with van der Waals surface area (Å²) in [5.74, 6) is -2.17.